The summed E-state index contributed by atoms with van der Waals surface area (Å²) in [6.45, 7) is 3.62. The maximum Gasteiger partial charge on any atom is 0.253 e. The largest absolute Gasteiger partial charge is 0.508 e. The van der Waals surface area contributed by atoms with Crippen LogP contribution in [0.25, 0.3) is 0 Å². The molecule has 2 N–H and O–H groups in total. The van der Waals surface area contributed by atoms with E-state index in [2.05, 4.69) is 5.32 Å². The molecule has 17 heavy (non-hydrogen) atoms. The number of phenols is 1. The molecule has 0 aliphatic carbocycles. The second kappa shape index (κ2) is 4.75. The van der Waals surface area contributed by atoms with E-state index in [-0.39, 0.29) is 17.7 Å². The Balaban J connectivity index is 2.15. The van der Waals surface area contributed by atoms with Crippen LogP contribution in [0.1, 0.15) is 22.3 Å². The van der Waals surface area contributed by atoms with Crippen LogP contribution >= 0.6 is 0 Å². The van der Waals surface area contributed by atoms with Gasteiger partial charge in [0.2, 0.25) is 0 Å². The van der Waals surface area contributed by atoms with Crippen LogP contribution in [0.4, 0.5) is 0 Å². The van der Waals surface area contributed by atoms with Crippen LogP contribution < -0.4 is 5.32 Å². The number of likely N-dealkylation sites (N-methyl/N-ethyl adjacent to an activating group) is 1. The molecule has 4 nitrogen and oxygen atoms in total. The summed E-state index contributed by atoms with van der Waals surface area (Å²) >= 11 is 0. The molecule has 1 atom stereocenters. The molecular weight excluding hydrogens is 216 g/mol. The van der Waals surface area contributed by atoms with E-state index in [1.807, 2.05) is 7.05 Å². The van der Waals surface area contributed by atoms with E-state index in [0.29, 0.717) is 5.56 Å². The number of nitrogens with zero attached hydrogens (tertiary/aromatic N) is 1. The number of carbonyl (C=O) groups is 1. The van der Waals surface area contributed by atoms with Crippen LogP contribution in [0.15, 0.2) is 18.2 Å². The molecule has 1 aromatic rings. The third kappa shape index (κ3) is 2.42. The highest BCUT2D eigenvalue weighted by atomic mass is 16.3. The summed E-state index contributed by atoms with van der Waals surface area (Å²) in [4.78, 5) is 14.0. The fourth-order valence-corrected chi connectivity index (χ4v) is 2.13. The summed E-state index contributed by atoms with van der Waals surface area (Å²) < 4.78 is 0. The van der Waals surface area contributed by atoms with Crippen molar-refractivity contribution in [3.05, 3.63) is 29.3 Å². The SMILES string of the molecule is Cc1cc(C(=O)N(C)C2CCNC2)ccc1O. The van der Waals surface area contributed by atoms with Gasteiger partial charge in [-0.3, -0.25) is 4.79 Å². The molecular formula is C13H18N2O2. The maximum absolute atomic E-state index is 12.2. The summed E-state index contributed by atoms with van der Waals surface area (Å²) in [5, 5.41) is 12.7. The van der Waals surface area contributed by atoms with Gasteiger partial charge in [0.15, 0.2) is 0 Å². The van der Waals surface area contributed by atoms with Gasteiger partial charge in [0.05, 0.1) is 0 Å². The molecule has 1 unspecified atom stereocenters. The fraction of sp³-hybridized carbons (Fsp3) is 0.462. The molecule has 4 heteroatoms. The van der Waals surface area contributed by atoms with E-state index >= 15 is 0 Å². The molecule has 2 rings (SSSR count). The first-order chi connectivity index (χ1) is 8.09. The third-order valence-corrected chi connectivity index (χ3v) is 3.35. The fourth-order valence-electron chi connectivity index (χ4n) is 2.13. The number of hydrogen-bond acceptors (Lipinski definition) is 3. The van der Waals surface area contributed by atoms with Gasteiger partial charge in [-0.2, -0.15) is 0 Å². The summed E-state index contributed by atoms with van der Waals surface area (Å²) in [7, 11) is 1.84. The Morgan fingerprint density at radius 3 is 2.88 bits per heavy atom. The molecule has 1 amide bonds. The highest BCUT2D eigenvalue weighted by Crippen LogP contribution is 2.19. The van der Waals surface area contributed by atoms with Crippen LogP contribution in [0.3, 0.4) is 0 Å². The van der Waals surface area contributed by atoms with E-state index < -0.39 is 0 Å². The molecule has 1 aromatic carbocycles. The lowest BCUT2D eigenvalue weighted by Crippen LogP contribution is -2.38. The van der Waals surface area contributed by atoms with Crippen LogP contribution in [0, 0.1) is 6.92 Å². The van der Waals surface area contributed by atoms with Crippen molar-refractivity contribution in [2.45, 2.75) is 19.4 Å². The van der Waals surface area contributed by atoms with Gasteiger partial charge in [-0.05, 0) is 43.7 Å². The molecule has 1 fully saturated rings. The first-order valence-corrected chi connectivity index (χ1v) is 5.87. The Morgan fingerprint density at radius 1 is 1.53 bits per heavy atom. The zero-order valence-electron chi connectivity index (χ0n) is 10.2. The lowest BCUT2D eigenvalue weighted by atomic mass is 10.1. The topological polar surface area (TPSA) is 52.6 Å². The quantitative estimate of drug-likeness (QED) is 0.806. The highest BCUT2D eigenvalue weighted by Gasteiger charge is 2.24. The normalized spacial score (nSPS) is 19.3. The van der Waals surface area contributed by atoms with Crippen molar-refractivity contribution in [1.29, 1.82) is 0 Å². The molecule has 0 bridgehead atoms. The molecule has 0 radical (unpaired) electrons. The standard InChI is InChI=1S/C13H18N2O2/c1-9-7-10(3-4-12(9)16)13(17)15(2)11-5-6-14-8-11/h3-4,7,11,14,16H,5-6,8H2,1-2H3. The lowest BCUT2D eigenvalue weighted by Gasteiger charge is -2.24. The van der Waals surface area contributed by atoms with Crippen LogP contribution in [0.5, 0.6) is 5.75 Å². The van der Waals surface area contributed by atoms with E-state index in [0.717, 1.165) is 25.1 Å². The summed E-state index contributed by atoms with van der Waals surface area (Å²) in [5.41, 5.74) is 1.36. The Kier molecular flexibility index (Phi) is 3.33. The molecule has 1 aliphatic rings. The number of phenolic OH excluding ortho intramolecular Hbond substituents is 1. The van der Waals surface area contributed by atoms with Gasteiger partial charge < -0.3 is 15.3 Å². The molecule has 92 valence electrons. The third-order valence-electron chi connectivity index (χ3n) is 3.35. The number of aromatic hydroxyl groups is 1. The van der Waals surface area contributed by atoms with Crippen LogP contribution in [-0.4, -0.2) is 42.1 Å². The van der Waals surface area contributed by atoms with Crippen molar-refractivity contribution in [3.63, 3.8) is 0 Å². The van der Waals surface area contributed by atoms with Gasteiger partial charge in [0.25, 0.3) is 5.91 Å². The molecule has 1 heterocycles. The van der Waals surface area contributed by atoms with Gasteiger partial charge in [-0.15, -0.1) is 0 Å². The summed E-state index contributed by atoms with van der Waals surface area (Å²) in [5.74, 6) is 0.244. The second-order valence-corrected chi connectivity index (χ2v) is 4.56. The molecule has 0 saturated carbocycles. The Labute approximate surface area is 101 Å². The number of amides is 1. The van der Waals surface area contributed by atoms with E-state index in [1.54, 1.807) is 30.0 Å². The summed E-state index contributed by atoms with van der Waals surface area (Å²) in [6.07, 6.45) is 0.999. The molecule has 1 aliphatic heterocycles. The monoisotopic (exact) mass is 234 g/mol. The van der Waals surface area contributed by atoms with Crippen molar-refractivity contribution in [1.82, 2.24) is 10.2 Å². The number of benzene rings is 1. The van der Waals surface area contributed by atoms with E-state index in [4.69, 9.17) is 0 Å². The first kappa shape index (κ1) is 11.9. The Bertz CT molecular complexity index is 425. The number of carbonyl (C=O) groups excluding carboxylic acids is 1. The van der Waals surface area contributed by atoms with Crippen molar-refractivity contribution < 1.29 is 9.90 Å². The number of hydrogen-bond donors (Lipinski definition) is 2. The van der Waals surface area contributed by atoms with Crippen molar-refractivity contribution >= 4 is 5.91 Å². The van der Waals surface area contributed by atoms with Crippen molar-refractivity contribution in [3.8, 4) is 5.75 Å². The average molecular weight is 234 g/mol. The van der Waals surface area contributed by atoms with Gasteiger partial charge in [0, 0.05) is 25.2 Å². The van der Waals surface area contributed by atoms with Gasteiger partial charge >= 0.3 is 0 Å². The van der Waals surface area contributed by atoms with E-state index in [9.17, 15) is 9.90 Å². The van der Waals surface area contributed by atoms with Gasteiger partial charge in [0.1, 0.15) is 5.75 Å². The minimum atomic E-state index is 0.0156. The predicted molar refractivity (Wildman–Crippen MR) is 66.2 cm³/mol. The second-order valence-electron chi connectivity index (χ2n) is 4.56. The molecule has 1 saturated heterocycles. The first-order valence-electron chi connectivity index (χ1n) is 5.87. The Morgan fingerprint density at radius 2 is 2.29 bits per heavy atom. The minimum Gasteiger partial charge on any atom is -0.508 e. The van der Waals surface area contributed by atoms with Crippen LogP contribution in [0.2, 0.25) is 0 Å². The number of aryl methyl sites for hydroxylation is 1. The molecule has 0 spiro atoms. The summed E-state index contributed by atoms with van der Waals surface area (Å²) in [6, 6.07) is 5.25. The predicted octanol–water partition coefficient (Wildman–Crippen LogP) is 1.13. The van der Waals surface area contributed by atoms with Crippen molar-refractivity contribution in [2.24, 2.45) is 0 Å². The van der Waals surface area contributed by atoms with Gasteiger partial charge in [-0.1, -0.05) is 0 Å². The number of rotatable bonds is 2. The zero-order chi connectivity index (χ0) is 12.4. The number of nitrogens with one attached hydrogen (secondary N) is 1. The zero-order valence-corrected chi connectivity index (χ0v) is 10.2. The lowest BCUT2D eigenvalue weighted by molar-refractivity contribution is 0.0743. The Hall–Kier alpha value is -1.55. The van der Waals surface area contributed by atoms with Crippen LogP contribution in [-0.2, 0) is 0 Å². The van der Waals surface area contributed by atoms with Gasteiger partial charge in [-0.25, -0.2) is 0 Å². The highest BCUT2D eigenvalue weighted by molar-refractivity contribution is 5.94. The molecule has 0 aromatic heterocycles. The van der Waals surface area contributed by atoms with E-state index in [1.165, 1.54) is 0 Å². The maximum atomic E-state index is 12.2. The van der Waals surface area contributed by atoms with Crippen molar-refractivity contribution in [2.75, 3.05) is 20.1 Å². The average Bonchev–Trinajstić information content (AvgIpc) is 2.84. The minimum absolute atomic E-state index is 0.0156. The smallest absolute Gasteiger partial charge is 0.253 e.